The first-order chi connectivity index (χ1) is 14.2. The summed E-state index contributed by atoms with van der Waals surface area (Å²) in [5, 5.41) is 1.08. The zero-order valence-corrected chi connectivity index (χ0v) is 16.8. The molecule has 0 saturated heterocycles. The van der Waals surface area contributed by atoms with Crippen LogP contribution in [0, 0.1) is 0 Å². The highest BCUT2D eigenvalue weighted by atomic mass is 16.6. The molecule has 3 aromatic rings. The average molecular weight is 394 g/mol. The van der Waals surface area contributed by atoms with Gasteiger partial charge in [-0.15, -0.1) is 0 Å². The Balaban J connectivity index is 1.53. The molecule has 29 heavy (non-hydrogen) atoms. The lowest BCUT2D eigenvalue weighted by Crippen LogP contribution is -2.28. The molecular weight excluding hydrogens is 368 g/mol. The summed E-state index contributed by atoms with van der Waals surface area (Å²) >= 11 is 0. The van der Waals surface area contributed by atoms with Gasteiger partial charge in [-0.25, -0.2) is 4.79 Å². The second-order valence-electron chi connectivity index (χ2n) is 6.44. The Bertz CT molecular complexity index is 939. The Morgan fingerprint density at radius 1 is 1.07 bits per heavy atom. The molecule has 1 atom stereocenters. The molecule has 152 valence electrons. The first-order valence-electron chi connectivity index (χ1n) is 9.84. The second kappa shape index (κ2) is 10.5. The lowest BCUT2D eigenvalue weighted by atomic mass is 10.1. The Morgan fingerprint density at radius 3 is 2.66 bits per heavy atom. The van der Waals surface area contributed by atoms with Gasteiger partial charge in [-0.2, -0.15) is 0 Å². The standard InChI is InChI=1S/C24H26O5/c1-3-26-22(24(25)27-4-2)17-18-10-12-21(13-11-18)28-15-6-9-19-7-5-8-20-14-16-29-23(19)20/h5-14,16,22H,3-4,15,17H2,1-2H3. The molecule has 0 radical (unpaired) electrons. The summed E-state index contributed by atoms with van der Waals surface area (Å²) < 4.78 is 21.9. The maximum absolute atomic E-state index is 12.0. The van der Waals surface area contributed by atoms with Gasteiger partial charge in [0.15, 0.2) is 6.10 Å². The van der Waals surface area contributed by atoms with Crippen LogP contribution < -0.4 is 4.74 Å². The van der Waals surface area contributed by atoms with Crippen molar-refractivity contribution in [2.75, 3.05) is 19.8 Å². The number of fused-ring (bicyclic) bond motifs is 1. The highest BCUT2D eigenvalue weighted by Gasteiger charge is 2.20. The van der Waals surface area contributed by atoms with E-state index in [1.54, 1.807) is 13.2 Å². The first kappa shape index (κ1) is 20.7. The summed E-state index contributed by atoms with van der Waals surface area (Å²) in [6.07, 6.45) is 5.53. The summed E-state index contributed by atoms with van der Waals surface area (Å²) in [5.41, 5.74) is 2.88. The molecule has 1 heterocycles. The molecule has 0 aliphatic rings. The van der Waals surface area contributed by atoms with Crippen molar-refractivity contribution in [3.8, 4) is 5.75 Å². The van der Waals surface area contributed by atoms with Crippen LogP contribution in [0.25, 0.3) is 17.0 Å². The van der Waals surface area contributed by atoms with Gasteiger partial charge in [-0.3, -0.25) is 0 Å². The van der Waals surface area contributed by atoms with Crippen LogP contribution in [0.2, 0.25) is 0 Å². The van der Waals surface area contributed by atoms with Crippen molar-refractivity contribution < 1.29 is 23.4 Å². The lowest BCUT2D eigenvalue weighted by molar-refractivity contribution is -0.156. The number of para-hydroxylation sites is 1. The van der Waals surface area contributed by atoms with E-state index in [0.29, 0.717) is 26.2 Å². The molecule has 5 heteroatoms. The zero-order valence-electron chi connectivity index (χ0n) is 16.8. The third kappa shape index (κ3) is 5.72. The van der Waals surface area contributed by atoms with Gasteiger partial charge in [0.05, 0.1) is 12.9 Å². The second-order valence-corrected chi connectivity index (χ2v) is 6.44. The number of hydrogen-bond acceptors (Lipinski definition) is 5. The predicted molar refractivity (Wildman–Crippen MR) is 113 cm³/mol. The van der Waals surface area contributed by atoms with E-state index in [0.717, 1.165) is 27.8 Å². The van der Waals surface area contributed by atoms with Crippen LogP contribution >= 0.6 is 0 Å². The highest BCUT2D eigenvalue weighted by Crippen LogP contribution is 2.21. The summed E-state index contributed by atoms with van der Waals surface area (Å²) in [5.74, 6) is 0.435. The fourth-order valence-electron chi connectivity index (χ4n) is 3.05. The normalized spacial score (nSPS) is 12.3. The number of rotatable bonds is 10. The number of carbonyl (C=O) groups is 1. The molecule has 2 aromatic carbocycles. The summed E-state index contributed by atoms with van der Waals surface area (Å²) in [6, 6.07) is 15.6. The van der Waals surface area contributed by atoms with E-state index in [1.807, 2.05) is 67.6 Å². The largest absolute Gasteiger partial charge is 0.490 e. The Morgan fingerprint density at radius 2 is 1.90 bits per heavy atom. The van der Waals surface area contributed by atoms with E-state index in [4.69, 9.17) is 18.6 Å². The van der Waals surface area contributed by atoms with Gasteiger partial charge in [0, 0.05) is 24.0 Å². The van der Waals surface area contributed by atoms with Crippen LogP contribution in [0.15, 0.2) is 65.3 Å². The molecule has 0 bridgehead atoms. The van der Waals surface area contributed by atoms with Gasteiger partial charge >= 0.3 is 5.97 Å². The predicted octanol–water partition coefficient (Wildman–Crippen LogP) is 5.04. The molecule has 0 fully saturated rings. The van der Waals surface area contributed by atoms with Crippen LogP contribution in [-0.2, 0) is 20.7 Å². The topological polar surface area (TPSA) is 57.9 Å². The van der Waals surface area contributed by atoms with Gasteiger partial charge in [-0.05, 0) is 43.7 Å². The molecule has 1 aromatic heterocycles. The fourth-order valence-corrected chi connectivity index (χ4v) is 3.05. The molecule has 3 rings (SSSR count). The van der Waals surface area contributed by atoms with Crippen molar-refractivity contribution in [1.29, 1.82) is 0 Å². The Labute approximate surface area is 170 Å². The fraction of sp³-hybridized carbons (Fsp3) is 0.292. The average Bonchev–Trinajstić information content (AvgIpc) is 3.22. The third-order valence-corrected chi connectivity index (χ3v) is 4.41. The molecular formula is C24H26O5. The van der Waals surface area contributed by atoms with Crippen molar-refractivity contribution in [3.63, 3.8) is 0 Å². The lowest BCUT2D eigenvalue weighted by Gasteiger charge is -2.15. The zero-order chi connectivity index (χ0) is 20.5. The molecule has 0 N–H and O–H groups in total. The van der Waals surface area contributed by atoms with Gasteiger partial charge in [0.2, 0.25) is 0 Å². The quantitative estimate of drug-likeness (QED) is 0.451. The molecule has 1 unspecified atom stereocenters. The summed E-state index contributed by atoms with van der Waals surface area (Å²) in [7, 11) is 0. The minimum absolute atomic E-state index is 0.327. The highest BCUT2D eigenvalue weighted by molar-refractivity contribution is 5.85. The minimum atomic E-state index is -0.584. The van der Waals surface area contributed by atoms with E-state index in [9.17, 15) is 4.79 Å². The Hall–Kier alpha value is -3.05. The van der Waals surface area contributed by atoms with Crippen LogP contribution in [0.4, 0.5) is 0 Å². The summed E-state index contributed by atoms with van der Waals surface area (Å²) in [6.45, 7) is 4.90. The molecule has 0 amide bonds. The molecule has 0 spiro atoms. The molecule has 5 nitrogen and oxygen atoms in total. The summed E-state index contributed by atoms with van der Waals surface area (Å²) in [4.78, 5) is 12.0. The number of ether oxygens (including phenoxy) is 3. The maximum Gasteiger partial charge on any atom is 0.335 e. The van der Waals surface area contributed by atoms with Crippen molar-refractivity contribution in [2.24, 2.45) is 0 Å². The minimum Gasteiger partial charge on any atom is -0.490 e. The van der Waals surface area contributed by atoms with Crippen LogP contribution in [0.5, 0.6) is 5.75 Å². The SMILES string of the molecule is CCOC(=O)C(Cc1ccc(OCC=Cc2cccc3ccoc23)cc1)OCC. The van der Waals surface area contributed by atoms with Crippen molar-refractivity contribution in [3.05, 3.63) is 72.0 Å². The number of hydrogen-bond donors (Lipinski definition) is 0. The van der Waals surface area contributed by atoms with Crippen molar-refractivity contribution in [1.82, 2.24) is 0 Å². The van der Waals surface area contributed by atoms with E-state index < -0.39 is 6.10 Å². The van der Waals surface area contributed by atoms with E-state index >= 15 is 0 Å². The monoisotopic (exact) mass is 394 g/mol. The van der Waals surface area contributed by atoms with E-state index in [2.05, 4.69) is 0 Å². The molecule has 0 aliphatic carbocycles. The van der Waals surface area contributed by atoms with E-state index in [1.165, 1.54) is 0 Å². The van der Waals surface area contributed by atoms with Crippen molar-refractivity contribution >= 4 is 23.0 Å². The maximum atomic E-state index is 12.0. The van der Waals surface area contributed by atoms with E-state index in [-0.39, 0.29) is 5.97 Å². The van der Waals surface area contributed by atoms with Gasteiger partial charge in [0.1, 0.15) is 17.9 Å². The number of carbonyl (C=O) groups excluding carboxylic acids is 1. The Kier molecular flexibility index (Phi) is 7.47. The smallest absolute Gasteiger partial charge is 0.335 e. The molecule has 0 saturated carbocycles. The number of furan rings is 1. The number of esters is 1. The molecule has 0 aliphatic heterocycles. The number of benzene rings is 2. The van der Waals surface area contributed by atoms with Crippen molar-refractivity contribution in [2.45, 2.75) is 26.4 Å². The first-order valence-corrected chi connectivity index (χ1v) is 9.84. The van der Waals surface area contributed by atoms with Crippen LogP contribution in [-0.4, -0.2) is 31.9 Å². The van der Waals surface area contributed by atoms with Gasteiger partial charge in [0.25, 0.3) is 0 Å². The van der Waals surface area contributed by atoms with Gasteiger partial charge < -0.3 is 18.6 Å². The van der Waals surface area contributed by atoms with Crippen LogP contribution in [0.1, 0.15) is 25.0 Å². The third-order valence-electron chi connectivity index (χ3n) is 4.41. The van der Waals surface area contributed by atoms with Gasteiger partial charge in [-0.1, -0.05) is 36.4 Å². The van der Waals surface area contributed by atoms with Crippen LogP contribution in [0.3, 0.4) is 0 Å².